The van der Waals surface area contributed by atoms with E-state index in [1.165, 1.54) is 12.1 Å². The number of hydrogen-bond donors (Lipinski definition) is 0. The van der Waals surface area contributed by atoms with Crippen molar-refractivity contribution < 1.29 is 8.42 Å². The first-order chi connectivity index (χ1) is 9.05. The molecule has 0 aliphatic rings. The molecular weight excluding hydrogens is 328 g/mol. The minimum absolute atomic E-state index is 0.0801. The van der Waals surface area contributed by atoms with E-state index in [1.54, 1.807) is 48.7 Å². The van der Waals surface area contributed by atoms with Crippen LogP contribution >= 0.6 is 15.9 Å². The number of nitriles is 1. The molecule has 4 nitrogen and oxygen atoms in total. The topological polar surface area (TPSA) is 61.2 Å². The standard InChI is InChI=1S/C13H9BrN2O2S/c14-11-5-4-6-12(9-11)16(10-15)19(17,18)13-7-2-1-3-8-13/h1-9H. The van der Waals surface area contributed by atoms with Gasteiger partial charge in [-0.25, -0.2) is 0 Å². The van der Waals surface area contributed by atoms with Crippen LogP contribution in [0.5, 0.6) is 0 Å². The molecule has 2 aromatic carbocycles. The fourth-order valence-electron chi connectivity index (χ4n) is 1.55. The molecule has 0 aliphatic carbocycles. The minimum Gasteiger partial charge on any atom is -0.200 e. The van der Waals surface area contributed by atoms with Crippen molar-refractivity contribution in [2.75, 3.05) is 4.31 Å². The predicted octanol–water partition coefficient (Wildman–Crippen LogP) is 3.13. The van der Waals surface area contributed by atoms with Crippen molar-refractivity contribution in [3.63, 3.8) is 0 Å². The second-order valence-corrected chi connectivity index (χ2v) is 6.36. The highest BCUT2D eigenvalue weighted by Gasteiger charge is 2.24. The van der Waals surface area contributed by atoms with Gasteiger partial charge in [0.25, 0.3) is 10.0 Å². The molecular formula is C13H9BrN2O2S. The van der Waals surface area contributed by atoms with Crippen molar-refractivity contribution in [2.45, 2.75) is 4.90 Å². The predicted molar refractivity (Wildman–Crippen MR) is 75.9 cm³/mol. The Morgan fingerprint density at radius 2 is 1.74 bits per heavy atom. The molecule has 96 valence electrons. The number of sulfonamides is 1. The van der Waals surface area contributed by atoms with Gasteiger partial charge in [0, 0.05) is 4.47 Å². The van der Waals surface area contributed by atoms with Crippen LogP contribution in [-0.2, 0) is 10.0 Å². The maximum atomic E-state index is 12.4. The molecule has 0 amide bonds. The van der Waals surface area contributed by atoms with Gasteiger partial charge in [-0.05, 0) is 30.3 Å². The summed E-state index contributed by atoms with van der Waals surface area (Å²) in [5.41, 5.74) is 0.292. The van der Waals surface area contributed by atoms with E-state index in [4.69, 9.17) is 5.26 Å². The Balaban J connectivity index is 2.52. The Bertz CT molecular complexity index is 724. The minimum atomic E-state index is -3.87. The summed E-state index contributed by atoms with van der Waals surface area (Å²) in [6, 6.07) is 14.4. The Kier molecular flexibility index (Phi) is 3.88. The quantitative estimate of drug-likeness (QED) is 0.639. The Labute approximate surface area is 120 Å². The van der Waals surface area contributed by atoms with Gasteiger partial charge in [0.1, 0.15) is 0 Å². The largest absolute Gasteiger partial charge is 0.276 e. The van der Waals surface area contributed by atoms with Crippen molar-refractivity contribution in [1.29, 1.82) is 5.26 Å². The third-order valence-corrected chi connectivity index (χ3v) is 4.55. The highest BCUT2D eigenvalue weighted by atomic mass is 79.9. The van der Waals surface area contributed by atoms with Gasteiger partial charge < -0.3 is 0 Å². The fraction of sp³-hybridized carbons (Fsp3) is 0. The lowest BCUT2D eigenvalue weighted by molar-refractivity contribution is 0.596. The van der Waals surface area contributed by atoms with E-state index < -0.39 is 10.0 Å². The van der Waals surface area contributed by atoms with E-state index >= 15 is 0 Å². The molecule has 0 aromatic heterocycles. The lowest BCUT2D eigenvalue weighted by Crippen LogP contribution is -2.25. The van der Waals surface area contributed by atoms with E-state index in [0.29, 0.717) is 14.5 Å². The van der Waals surface area contributed by atoms with Crippen molar-refractivity contribution in [3.05, 3.63) is 59.1 Å². The summed E-state index contributed by atoms with van der Waals surface area (Å²) in [4.78, 5) is 0.0801. The SMILES string of the molecule is N#CN(c1cccc(Br)c1)S(=O)(=O)c1ccccc1. The van der Waals surface area contributed by atoms with Gasteiger partial charge in [0.05, 0.1) is 10.6 Å². The molecule has 0 saturated heterocycles. The van der Waals surface area contributed by atoms with Crippen LogP contribution in [0, 0.1) is 11.5 Å². The molecule has 0 unspecified atom stereocenters. The average molecular weight is 337 g/mol. The average Bonchev–Trinajstić information content (AvgIpc) is 2.40. The molecule has 2 rings (SSSR count). The second-order valence-electron chi connectivity index (χ2n) is 3.66. The molecule has 0 bridgehead atoms. The zero-order valence-corrected chi connectivity index (χ0v) is 12.1. The Morgan fingerprint density at radius 3 is 2.32 bits per heavy atom. The number of hydrogen-bond acceptors (Lipinski definition) is 3. The summed E-state index contributed by atoms with van der Waals surface area (Å²) < 4.78 is 26.1. The van der Waals surface area contributed by atoms with E-state index in [9.17, 15) is 8.42 Å². The molecule has 0 fully saturated rings. The van der Waals surface area contributed by atoms with E-state index in [1.807, 2.05) is 0 Å². The third kappa shape index (κ3) is 2.78. The summed E-state index contributed by atoms with van der Waals surface area (Å²) in [5, 5.41) is 9.15. The molecule has 0 N–H and O–H groups in total. The molecule has 0 saturated carbocycles. The first kappa shape index (κ1) is 13.6. The van der Waals surface area contributed by atoms with Crippen LogP contribution in [0.2, 0.25) is 0 Å². The van der Waals surface area contributed by atoms with E-state index in [-0.39, 0.29) is 4.90 Å². The number of rotatable bonds is 3. The van der Waals surface area contributed by atoms with Crippen LogP contribution < -0.4 is 4.31 Å². The second kappa shape index (κ2) is 5.43. The van der Waals surface area contributed by atoms with Crippen molar-refractivity contribution in [3.8, 4) is 6.19 Å². The van der Waals surface area contributed by atoms with Gasteiger partial charge >= 0.3 is 0 Å². The lowest BCUT2D eigenvalue weighted by Gasteiger charge is -2.16. The maximum absolute atomic E-state index is 12.4. The van der Waals surface area contributed by atoms with Crippen molar-refractivity contribution in [2.24, 2.45) is 0 Å². The highest BCUT2D eigenvalue weighted by molar-refractivity contribution is 9.10. The van der Waals surface area contributed by atoms with Crippen LogP contribution in [-0.4, -0.2) is 8.42 Å². The van der Waals surface area contributed by atoms with Gasteiger partial charge in [-0.2, -0.15) is 18.0 Å². The third-order valence-electron chi connectivity index (χ3n) is 2.41. The van der Waals surface area contributed by atoms with Gasteiger partial charge in [0.15, 0.2) is 6.19 Å². The lowest BCUT2D eigenvalue weighted by atomic mass is 10.3. The molecule has 0 atom stereocenters. The van der Waals surface area contributed by atoms with Gasteiger partial charge in [0.2, 0.25) is 0 Å². The number of nitrogens with zero attached hydrogens (tertiary/aromatic N) is 2. The summed E-state index contributed by atoms with van der Waals surface area (Å²) in [5.74, 6) is 0. The van der Waals surface area contributed by atoms with Crippen LogP contribution in [0.25, 0.3) is 0 Å². The molecule has 19 heavy (non-hydrogen) atoms. The van der Waals surface area contributed by atoms with Crippen LogP contribution in [0.4, 0.5) is 5.69 Å². The summed E-state index contributed by atoms with van der Waals surface area (Å²) in [6.45, 7) is 0. The van der Waals surface area contributed by atoms with Gasteiger partial charge in [-0.1, -0.05) is 40.2 Å². The maximum Gasteiger partial charge on any atom is 0.276 e. The summed E-state index contributed by atoms with van der Waals surface area (Å²) >= 11 is 3.25. The van der Waals surface area contributed by atoms with Crippen LogP contribution in [0.15, 0.2) is 64.0 Å². The number of anilines is 1. The first-order valence-corrected chi connectivity index (χ1v) is 7.54. The number of halogens is 1. The fourth-order valence-corrected chi connectivity index (χ4v) is 3.15. The monoisotopic (exact) mass is 336 g/mol. The molecule has 0 heterocycles. The van der Waals surface area contributed by atoms with Gasteiger partial charge in [-0.3, -0.25) is 0 Å². The van der Waals surface area contributed by atoms with E-state index in [2.05, 4.69) is 15.9 Å². The molecule has 6 heteroatoms. The zero-order chi connectivity index (χ0) is 13.9. The Hall–Kier alpha value is -1.84. The van der Waals surface area contributed by atoms with Crippen LogP contribution in [0.1, 0.15) is 0 Å². The van der Waals surface area contributed by atoms with E-state index in [0.717, 1.165) is 0 Å². The normalized spacial score (nSPS) is 10.7. The summed E-state index contributed by atoms with van der Waals surface area (Å²) in [6.07, 6.45) is 1.71. The smallest absolute Gasteiger partial charge is 0.200 e. The molecule has 0 spiro atoms. The van der Waals surface area contributed by atoms with Gasteiger partial charge in [-0.15, -0.1) is 0 Å². The summed E-state index contributed by atoms with van der Waals surface area (Å²) in [7, 11) is -3.87. The van der Waals surface area contributed by atoms with Crippen molar-refractivity contribution in [1.82, 2.24) is 0 Å². The highest BCUT2D eigenvalue weighted by Crippen LogP contribution is 2.25. The molecule has 2 aromatic rings. The first-order valence-electron chi connectivity index (χ1n) is 5.31. The zero-order valence-electron chi connectivity index (χ0n) is 9.69. The Morgan fingerprint density at radius 1 is 1.05 bits per heavy atom. The number of benzene rings is 2. The molecule has 0 aliphatic heterocycles. The van der Waals surface area contributed by atoms with Crippen molar-refractivity contribution >= 4 is 31.6 Å². The van der Waals surface area contributed by atoms with Crippen LogP contribution in [0.3, 0.4) is 0 Å². The molecule has 0 radical (unpaired) electrons.